The lowest BCUT2D eigenvalue weighted by molar-refractivity contribution is -0.150. The molecule has 3 rings (SSSR count). The fourth-order valence-corrected chi connectivity index (χ4v) is 2.86. The van der Waals surface area contributed by atoms with Gasteiger partial charge in [0.2, 0.25) is 5.82 Å². The van der Waals surface area contributed by atoms with Gasteiger partial charge in [-0.3, -0.25) is 0 Å². The standard InChI is InChI=1S/C14H13F3N2O2/c1-13(5-2-6-13)19-10-7-8(11(20)21)3-4-9(10)18-12(19)14(15,16)17/h3-4,7H,2,5-6H2,1H3,(H,20,21). The average molecular weight is 298 g/mol. The third-order valence-electron chi connectivity index (χ3n) is 4.13. The van der Waals surface area contributed by atoms with Crippen LogP contribution in [-0.4, -0.2) is 20.6 Å². The number of aromatic nitrogens is 2. The molecule has 7 heteroatoms. The molecular formula is C14H13F3N2O2. The molecule has 2 aromatic rings. The van der Waals surface area contributed by atoms with Crippen LogP contribution in [0.1, 0.15) is 42.4 Å². The molecule has 1 heterocycles. The van der Waals surface area contributed by atoms with Crippen LogP contribution in [0.3, 0.4) is 0 Å². The van der Waals surface area contributed by atoms with E-state index >= 15 is 0 Å². The largest absolute Gasteiger partial charge is 0.478 e. The maximum absolute atomic E-state index is 13.2. The molecule has 21 heavy (non-hydrogen) atoms. The zero-order chi connectivity index (χ0) is 15.4. The molecular weight excluding hydrogens is 285 g/mol. The number of aromatic carboxylic acids is 1. The smallest absolute Gasteiger partial charge is 0.449 e. The predicted molar refractivity (Wildman–Crippen MR) is 69.2 cm³/mol. The Bertz CT molecular complexity index is 730. The second-order valence-electron chi connectivity index (χ2n) is 5.63. The van der Waals surface area contributed by atoms with Crippen molar-refractivity contribution in [2.75, 3.05) is 0 Å². The normalized spacial score (nSPS) is 17.7. The van der Waals surface area contributed by atoms with Crippen molar-refractivity contribution in [2.45, 2.75) is 37.9 Å². The zero-order valence-electron chi connectivity index (χ0n) is 11.2. The molecule has 0 amide bonds. The molecule has 0 radical (unpaired) electrons. The Morgan fingerprint density at radius 2 is 2.05 bits per heavy atom. The molecule has 0 spiro atoms. The number of carbonyl (C=O) groups is 1. The molecule has 112 valence electrons. The van der Waals surface area contributed by atoms with Crippen LogP contribution in [0.2, 0.25) is 0 Å². The molecule has 0 saturated heterocycles. The number of carboxylic acids is 1. The number of halogens is 3. The van der Waals surface area contributed by atoms with Crippen molar-refractivity contribution in [1.82, 2.24) is 9.55 Å². The van der Waals surface area contributed by atoms with Gasteiger partial charge in [0.1, 0.15) is 0 Å². The maximum Gasteiger partial charge on any atom is 0.449 e. The van der Waals surface area contributed by atoms with Crippen LogP contribution in [0.25, 0.3) is 11.0 Å². The minimum absolute atomic E-state index is 0.0414. The number of nitrogens with zero attached hydrogens (tertiary/aromatic N) is 2. The van der Waals surface area contributed by atoms with E-state index in [0.717, 1.165) is 11.0 Å². The number of benzene rings is 1. The van der Waals surface area contributed by atoms with E-state index in [1.807, 2.05) is 0 Å². The summed E-state index contributed by atoms with van der Waals surface area (Å²) in [6.07, 6.45) is -2.47. The van der Waals surface area contributed by atoms with Crippen LogP contribution >= 0.6 is 0 Å². The summed E-state index contributed by atoms with van der Waals surface area (Å²) in [5.41, 5.74) is -0.304. The number of carboxylic acid groups (broad SMARTS) is 1. The minimum atomic E-state index is -4.57. The first-order valence-corrected chi connectivity index (χ1v) is 6.56. The fourth-order valence-electron chi connectivity index (χ4n) is 2.86. The van der Waals surface area contributed by atoms with Gasteiger partial charge >= 0.3 is 12.1 Å². The number of hydrogen-bond acceptors (Lipinski definition) is 2. The Hall–Kier alpha value is -2.05. The van der Waals surface area contributed by atoms with Gasteiger partial charge in [0.15, 0.2) is 0 Å². The van der Waals surface area contributed by atoms with Crippen LogP contribution < -0.4 is 0 Å². The van der Waals surface area contributed by atoms with Crippen molar-refractivity contribution in [3.05, 3.63) is 29.6 Å². The summed E-state index contributed by atoms with van der Waals surface area (Å²) in [5, 5.41) is 9.02. The molecule has 0 unspecified atom stereocenters. The second-order valence-corrected chi connectivity index (χ2v) is 5.63. The van der Waals surface area contributed by atoms with Gasteiger partial charge in [-0.2, -0.15) is 13.2 Å². The highest BCUT2D eigenvalue weighted by Crippen LogP contribution is 2.44. The van der Waals surface area contributed by atoms with Gasteiger partial charge in [-0.15, -0.1) is 0 Å². The highest BCUT2D eigenvalue weighted by molar-refractivity contribution is 5.92. The zero-order valence-corrected chi connectivity index (χ0v) is 11.2. The number of rotatable bonds is 2. The Labute approximate surface area is 118 Å². The third-order valence-corrected chi connectivity index (χ3v) is 4.13. The molecule has 1 aromatic carbocycles. The van der Waals surface area contributed by atoms with Crippen LogP contribution in [0.15, 0.2) is 18.2 Å². The SMILES string of the molecule is CC1(n2c(C(F)(F)F)nc3ccc(C(=O)O)cc32)CCC1. The van der Waals surface area contributed by atoms with Gasteiger partial charge < -0.3 is 9.67 Å². The second kappa shape index (κ2) is 4.22. The van der Waals surface area contributed by atoms with Crippen molar-refractivity contribution in [2.24, 2.45) is 0 Å². The first-order chi connectivity index (χ1) is 9.72. The minimum Gasteiger partial charge on any atom is -0.478 e. The van der Waals surface area contributed by atoms with Crippen molar-refractivity contribution in [1.29, 1.82) is 0 Å². The monoisotopic (exact) mass is 298 g/mol. The summed E-state index contributed by atoms with van der Waals surface area (Å²) in [5.74, 6) is -2.13. The van der Waals surface area contributed by atoms with E-state index in [1.54, 1.807) is 6.92 Å². The molecule has 1 aromatic heterocycles. The van der Waals surface area contributed by atoms with Crippen LogP contribution in [-0.2, 0) is 11.7 Å². The van der Waals surface area contributed by atoms with Crippen LogP contribution in [0.4, 0.5) is 13.2 Å². The van der Waals surface area contributed by atoms with Gasteiger partial charge in [0.25, 0.3) is 0 Å². The summed E-state index contributed by atoms with van der Waals surface area (Å²) in [7, 11) is 0. The lowest BCUT2D eigenvalue weighted by Gasteiger charge is -2.41. The van der Waals surface area contributed by atoms with E-state index in [2.05, 4.69) is 4.98 Å². The van der Waals surface area contributed by atoms with Crippen molar-refractivity contribution in [3.63, 3.8) is 0 Å². The maximum atomic E-state index is 13.2. The Morgan fingerprint density at radius 1 is 1.38 bits per heavy atom. The Kier molecular flexibility index (Phi) is 2.80. The number of hydrogen-bond donors (Lipinski definition) is 1. The summed E-state index contributed by atoms with van der Waals surface area (Å²) in [6.45, 7) is 1.75. The molecule has 0 bridgehead atoms. The molecule has 0 atom stereocenters. The number of fused-ring (bicyclic) bond motifs is 1. The fraction of sp³-hybridized carbons (Fsp3) is 0.429. The highest BCUT2D eigenvalue weighted by atomic mass is 19.4. The van der Waals surface area contributed by atoms with Crippen LogP contribution in [0, 0.1) is 0 Å². The van der Waals surface area contributed by atoms with Crippen molar-refractivity contribution in [3.8, 4) is 0 Å². The van der Waals surface area contributed by atoms with E-state index in [4.69, 9.17) is 5.11 Å². The Balaban J connectivity index is 2.32. The van der Waals surface area contributed by atoms with Gasteiger partial charge in [0.05, 0.1) is 16.6 Å². The topological polar surface area (TPSA) is 55.1 Å². The van der Waals surface area contributed by atoms with Gasteiger partial charge in [-0.05, 0) is 44.4 Å². The highest BCUT2D eigenvalue weighted by Gasteiger charge is 2.45. The molecule has 0 aliphatic heterocycles. The van der Waals surface area contributed by atoms with E-state index in [1.165, 1.54) is 18.2 Å². The third kappa shape index (κ3) is 2.07. The molecule has 4 nitrogen and oxygen atoms in total. The van der Waals surface area contributed by atoms with E-state index in [-0.39, 0.29) is 16.6 Å². The van der Waals surface area contributed by atoms with E-state index < -0.39 is 23.5 Å². The summed E-state index contributed by atoms with van der Waals surface area (Å²) in [6, 6.07) is 3.86. The molecule has 1 saturated carbocycles. The summed E-state index contributed by atoms with van der Waals surface area (Å²) >= 11 is 0. The van der Waals surface area contributed by atoms with Crippen molar-refractivity contribution < 1.29 is 23.1 Å². The first kappa shape index (κ1) is 13.9. The lowest BCUT2D eigenvalue weighted by atomic mass is 9.78. The molecule has 1 N–H and O–H groups in total. The number of imidazole rings is 1. The quantitative estimate of drug-likeness (QED) is 0.920. The Morgan fingerprint density at radius 3 is 2.52 bits per heavy atom. The summed E-state index contributed by atoms with van der Waals surface area (Å²) < 4.78 is 40.9. The molecule has 1 aliphatic carbocycles. The van der Waals surface area contributed by atoms with E-state index in [9.17, 15) is 18.0 Å². The van der Waals surface area contributed by atoms with Gasteiger partial charge in [-0.1, -0.05) is 0 Å². The lowest BCUT2D eigenvalue weighted by Crippen LogP contribution is -2.39. The van der Waals surface area contributed by atoms with Gasteiger partial charge in [-0.25, -0.2) is 9.78 Å². The average Bonchev–Trinajstić information content (AvgIpc) is 2.74. The van der Waals surface area contributed by atoms with Gasteiger partial charge in [0, 0.05) is 5.54 Å². The molecule has 1 aliphatic rings. The number of alkyl halides is 3. The summed E-state index contributed by atoms with van der Waals surface area (Å²) in [4.78, 5) is 14.7. The van der Waals surface area contributed by atoms with Crippen LogP contribution in [0.5, 0.6) is 0 Å². The van der Waals surface area contributed by atoms with Crippen molar-refractivity contribution >= 4 is 17.0 Å². The first-order valence-electron chi connectivity index (χ1n) is 6.56. The predicted octanol–water partition coefficient (Wildman–Crippen LogP) is 3.65. The van der Waals surface area contributed by atoms with E-state index in [0.29, 0.717) is 12.8 Å². The molecule has 1 fully saturated rings.